The van der Waals surface area contributed by atoms with Crippen molar-refractivity contribution in [3.8, 4) is 0 Å². The van der Waals surface area contributed by atoms with E-state index in [1.165, 1.54) is 4.90 Å². The number of sulfone groups is 1. The Morgan fingerprint density at radius 1 is 1.19 bits per heavy atom. The predicted molar refractivity (Wildman–Crippen MR) is 120 cm³/mol. The molecule has 0 saturated carbocycles. The number of aryl methyl sites for hydroxylation is 1. The van der Waals surface area contributed by atoms with Crippen molar-refractivity contribution in [1.82, 2.24) is 24.9 Å². The summed E-state index contributed by atoms with van der Waals surface area (Å²) in [5, 5.41) is 7.38. The van der Waals surface area contributed by atoms with Crippen LogP contribution in [0.4, 0.5) is 4.79 Å². The summed E-state index contributed by atoms with van der Waals surface area (Å²) in [6.07, 6.45) is 1.03. The molecule has 4 rings (SSSR count). The highest BCUT2D eigenvalue weighted by molar-refractivity contribution is 7.91. The number of benzene rings is 1. The van der Waals surface area contributed by atoms with Crippen molar-refractivity contribution in [2.24, 2.45) is 0 Å². The fraction of sp³-hybridized carbons (Fsp3) is 0.500. The molecule has 2 aromatic rings. The van der Waals surface area contributed by atoms with E-state index in [2.05, 4.69) is 10.4 Å². The van der Waals surface area contributed by atoms with Crippen LogP contribution in [-0.2, 0) is 27.6 Å². The molecule has 3 heterocycles. The Balaban J connectivity index is 1.41. The summed E-state index contributed by atoms with van der Waals surface area (Å²) < 4.78 is 25.6. The van der Waals surface area contributed by atoms with E-state index in [1.54, 1.807) is 0 Å². The fourth-order valence-corrected chi connectivity index (χ4v) is 6.20. The first-order valence-corrected chi connectivity index (χ1v) is 12.6. The van der Waals surface area contributed by atoms with E-state index in [-0.39, 0.29) is 36.2 Å². The summed E-state index contributed by atoms with van der Waals surface area (Å²) >= 11 is 0. The van der Waals surface area contributed by atoms with Crippen molar-refractivity contribution in [3.63, 3.8) is 0 Å². The molecule has 1 N–H and O–H groups in total. The Morgan fingerprint density at radius 2 is 1.91 bits per heavy atom. The third-order valence-electron chi connectivity index (χ3n) is 6.23. The van der Waals surface area contributed by atoms with Crippen LogP contribution in [0, 0.1) is 13.8 Å². The second-order valence-corrected chi connectivity index (χ2v) is 11.0. The Labute approximate surface area is 188 Å². The van der Waals surface area contributed by atoms with Gasteiger partial charge in [-0.1, -0.05) is 30.3 Å². The molecular formula is C22H29N5O4S. The van der Waals surface area contributed by atoms with Gasteiger partial charge in [0.25, 0.3) is 5.91 Å². The summed E-state index contributed by atoms with van der Waals surface area (Å²) in [5.74, 6) is 0.0860. The van der Waals surface area contributed by atoms with Gasteiger partial charge in [-0.3, -0.25) is 14.4 Å². The standard InChI is InChI=1S/C22H29N5O4S/c1-15-19(16(2)27(24-15)18-9-10-32(30,31)13-18)12-25(3)14-26-21(28)20(23-22(26)29)11-17-7-5-4-6-8-17/h4-8,18,20H,9-14H2,1-3H3,(H,23,29)/t18-,20-/m0/s1. The molecule has 9 nitrogen and oxygen atoms in total. The molecule has 3 amide bonds. The molecule has 0 spiro atoms. The second kappa shape index (κ2) is 8.67. The van der Waals surface area contributed by atoms with Crippen LogP contribution in [0.2, 0.25) is 0 Å². The Kier molecular flexibility index (Phi) is 6.09. The van der Waals surface area contributed by atoms with Gasteiger partial charge in [-0.05, 0) is 32.9 Å². The Bertz CT molecular complexity index is 1130. The Morgan fingerprint density at radius 3 is 2.56 bits per heavy atom. The Hall–Kier alpha value is -2.72. The first-order valence-electron chi connectivity index (χ1n) is 10.7. The van der Waals surface area contributed by atoms with Gasteiger partial charge in [0, 0.05) is 24.2 Å². The zero-order valence-corrected chi connectivity index (χ0v) is 19.4. The lowest BCUT2D eigenvalue weighted by molar-refractivity contribution is -0.128. The zero-order chi connectivity index (χ0) is 23.0. The van der Waals surface area contributed by atoms with Gasteiger partial charge in [-0.25, -0.2) is 18.1 Å². The van der Waals surface area contributed by atoms with Crippen LogP contribution >= 0.6 is 0 Å². The quantitative estimate of drug-likeness (QED) is 0.628. The van der Waals surface area contributed by atoms with Gasteiger partial charge in [-0.15, -0.1) is 0 Å². The first kappa shape index (κ1) is 22.5. The van der Waals surface area contributed by atoms with Gasteiger partial charge in [0.05, 0.1) is 29.9 Å². The minimum atomic E-state index is -3.00. The number of nitrogens with zero attached hydrogens (tertiary/aromatic N) is 4. The molecule has 2 aliphatic rings. The average Bonchev–Trinajstić information content (AvgIpc) is 3.33. The van der Waals surface area contributed by atoms with E-state index >= 15 is 0 Å². The van der Waals surface area contributed by atoms with Crippen molar-refractivity contribution < 1.29 is 18.0 Å². The third-order valence-corrected chi connectivity index (χ3v) is 7.98. The normalized spacial score (nSPS) is 22.7. The van der Waals surface area contributed by atoms with Crippen LogP contribution in [0.3, 0.4) is 0 Å². The molecule has 0 aliphatic carbocycles. The summed E-state index contributed by atoms with van der Waals surface area (Å²) in [5.41, 5.74) is 3.74. The second-order valence-electron chi connectivity index (χ2n) is 8.76. The van der Waals surface area contributed by atoms with Crippen molar-refractivity contribution >= 4 is 21.8 Å². The van der Waals surface area contributed by atoms with Gasteiger partial charge < -0.3 is 5.32 Å². The number of aromatic nitrogens is 2. The van der Waals surface area contributed by atoms with Gasteiger partial charge in [0.1, 0.15) is 6.04 Å². The topological polar surface area (TPSA) is 105 Å². The number of urea groups is 1. The summed E-state index contributed by atoms with van der Waals surface area (Å²) in [4.78, 5) is 28.4. The SMILES string of the molecule is Cc1nn([C@H]2CCS(=O)(=O)C2)c(C)c1CN(C)CN1C(=O)N[C@@H](Cc2ccccc2)C1=O. The molecule has 2 fully saturated rings. The largest absolute Gasteiger partial charge is 0.325 e. The van der Waals surface area contributed by atoms with Gasteiger partial charge in [0.2, 0.25) is 0 Å². The minimum Gasteiger partial charge on any atom is -0.325 e. The number of hydrogen-bond acceptors (Lipinski definition) is 6. The molecule has 2 saturated heterocycles. The molecule has 0 radical (unpaired) electrons. The molecule has 1 aromatic heterocycles. The average molecular weight is 460 g/mol. The molecule has 1 aromatic carbocycles. The van der Waals surface area contributed by atoms with Crippen LogP contribution < -0.4 is 5.32 Å². The maximum atomic E-state index is 12.8. The number of nitrogens with one attached hydrogen (secondary N) is 1. The van der Waals surface area contributed by atoms with Gasteiger partial charge in [0.15, 0.2) is 9.84 Å². The van der Waals surface area contributed by atoms with E-state index in [0.717, 1.165) is 22.5 Å². The number of carbonyl (C=O) groups excluding carboxylic acids is 2. The van der Waals surface area contributed by atoms with E-state index in [1.807, 2.05) is 60.8 Å². The van der Waals surface area contributed by atoms with Crippen LogP contribution in [-0.4, -0.2) is 71.2 Å². The highest BCUT2D eigenvalue weighted by atomic mass is 32.2. The lowest BCUT2D eigenvalue weighted by Crippen LogP contribution is -2.40. The maximum absolute atomic E-state index is 12.8. The van der Waals surface area contributed by atoms with E-state index < -0.39 is 15.9 Å². The number of imide groups is 1. The van der Waals surface area contributed by atoms with Crippen molar-refractivity contribution in [2.75, 3.05) is 25.2 Å². The summed E-state index contributed by atoms with van der Waals surface area (Å²) in [7, 11) is -1.15. The van der Waals surface area contributed by atoms with Crippen LogP contribution in [0.1, 0.15) is 35.0 Å². The van der Waals surface area contributed by atoms with Crippen LogP contribution in [0.5, 0.6) is 0 Å². The first-order chi connectivity index (χ1) is 15.1. The lowest BCUT2D eigenvalue weighted by atomic mass is 10.1. The van der Waals surface area contributed by atoms with Crippen molar-refractivity contribution in [2.45, 2.75) is 45.3 Å². The highest BCUT2D eigenvalue weighted by Gasteiger charge is 2.38. The van der Waals surface area contributed by atoms with E-state index in [0.29, 0.717) is 19.4 Å². The molecule has 0 bridgehead atoms. The van der Waals surface area contributed by atoms with Crippen molar-refractivity contribution in [1.29, 1.82) is 0 Å². The van der Waals surface area contributed by atoms with Gasteiger partial charge >= 0.3 is 6.03 Å². The monoisotopic (exact) mass is 459 g/mol. The highest BCUT2D eigenvalue weighted by Crippen LogP contribution is 2.27. The number of hydrogen-bond donors (Lipinski definition) is 1. The lowest BCUT2D eigenvalue weighted by Gasteiger charge is -2.22. The smallest absolute Gasteiger partial charge is 0.325 e. The summed E-state index contributed by atoms with van der Waals surface area (Å²) in [6.45, 7) is 4.51. The molecular weight excluding hydrogens is 430 g/mol. The van der Waals surface area contributed by atoms with E-state index in [4.69, 9.17) is 0 Å². The summed E-state index contributed by atoms with van der Waals surface area (Å²) in [6, 6.07) is 8.53. The molecule has 0 unspecified atom stereocenters. The van der Waals surface area contributed by atoms with E-state index in [9.17, 15) is 18.0 Å². The number of amides is 3. The zero-order valence-electron chi connectivity index (χ0n) is 18.6. The van der Waals surface area contributed by atoms with Crippen LogP contribution in [0.25, 0.3) is 0 Å². The maximum Gasteiger partial charge on any atom is 0.325 e. The molecule has 10 heteroatoms. The molecule has 2 atom stereocenters. The van der Waals surface area contributed by atoms with Crippen molar-refractivity contribution in [3.05, 3.63) is 52.8 Å². The third kappa shape index (κ3) is 4.56. The number of rotatable bonds is 7. The predicted octanol–water partition coefficient (Wildman–Crippen LogP) is 1.41. The minimum absolute atomic E-state index is 0.121. The molecule has 172 valence electrons. The van der Waals surface area contributed by atoms with Crippen LogP contribution in [0.15, 0.2) is 30.3 Å². The molecule has 2 aliphatic heterocycles. The van der Waals surface area contributed by atoms with Gasteiger partial charge in [-0.2, -0.15) is 5.10 Å². The fourth-order valence-electron chi connectivity index (χ4n) is 4.51. The molecule has 32 heavy (non-hydrogen) atoms. The number of carbonyl (C=O) groups is 2.